The number of likely N-dealkylation sites (tertiary alicyclic amines) is 1. The molecule has 2 rings (SSSR count). The minimum atomic E-state index is -1.01. The zero-order valence-corrected chi connectivity index (χ0v) is 8.06. The molecule has 1 N–H and O–H groups in total. The second kappa shape index (κ2) is 3.46. The first-order valence-electron chi connectivity index (χ1n) is 4.75. The van der Waals surface area contributed by atoms with Crippen LogP contribution in [0.5, 0.6) is 0 Å². The Balaban J connectivity index is 2.11. The monoisotopic (exact) mass is 195 g/mol. The highest BCUT2D eigenvalue weighted by Crippen LogP contribution is 2.26. The third kappa shape index (κ3) is 1.53. The summed E-state index contributed by atoms with van der Waals surface area (Å²) in [4.78, 5) is 12.8. The molecule has 0 amide bonds. The molecule has 1 aliphatic rings. The van der Waals surface area contributed by atoms with Gasteiger partial charge >= 0.3 is 5.97 Å². The molecule has 1 atom stereocenters. The lowest BCUT2D eigenvalue weighted by molar-refractivity contribution is 0.0649. The van der Waals surface area contributed by atoms with Crippen molar-refractivity contribution in [3.8, 4) is 0 Å². The van der Waals surface area contributed by atoms with E-state index in [-0.39, 0.29) is 11.8 Å². The van der Waals surface area contributed by atoms with Crippen LogP contribution in [0.15, 0.2) is 16.5 Å². The number of nitrogens with zero attached hydrogens (tertiary/aromatic N) is 1. The van der Waals surface area contributed by atoms with Crippen molar-refractivity contribution < 1.29 is 14.3 Å². The van der Waals surface area contributed by atoms with E-state index in [0.29, 0.717) is 0 Å². The number of furan rings is 1. The predicted molar refractivity (Wildman–Crippen MR) is 50.3 cm³/mol. The van der Waals surface area contributed by atoms with Gasteiger partial charge in [-0.2, -0.15) is 0 Å². The van der Waals surface area contributed by atoms with Crippen LogP contribution >= 0.6 is 0 Å². The molecule has 76 valence electrons. The van der Waals surface area contributed by atoms with Crippen LogP contribution in [0.2, 0.25) is 0 Å². The predicted octanol–water partition coefficient (Wildman–Crippen LogP) is 1.74. The lowest BCUT2D eigenvalue weighted by Crippen LogP contribution is -2.38. The minimum Gasteiger partial charge on any atom is -0.475 e. The molecular weight excluding hydrogens is 182 g/mol. The van der Waals surface area contributed by atoms with E-state index in [1.807, 2.05) is 6.92 Å². The SMILES string of the molecule is CC(c1ccc(C(=O)O)o1)N1CCC1. The molecule has 0 aromatic carbocycles. The Morgan fingerprint density at radius 3 is 2.71 bits per heavy atom. The van der Waals surface area contributed by atoms with Crippen molar-refractivity contribution in [3.63, 3.8) is 0 Å². The van der Waals surface area contributed by atoms with E-state index in [1.165, 1.54) is 12.5 Å². The van der Waals surface area contributed by atoms with E-state index in [1.54, 1.807) is 6.07 Å². The lowest BCUT2D eigenvalue weighted by atomic mass is 10.1. The molecule has 2 heterocycles. The summed E-state index contributed by atoms with van der Waals surface area (Å²) < 4.78 is 5.22. The van der Waals surface area contributed by atoms with Crippen molar-refractivity contribution in [1.29, 1.82) is 0 Å². The maximum Gasteiger partial charge on any atom is 0.371 e. The van der Waals surface area contributed by atoms with Crippen LogP contribution in [0.4, 0.5) is 0 Å². The average molecular weight is 195 g/mol. The summed E-state index contributed by atoms with van der Waals surface area (Å²) in [6.07, 6.45) is 1.22. The van der Waals surface area contributed by atoms with Crippen LogP contribution in [-0.2, 0) is 0 Å². The van der Waals surface area contributed by atoms with Gasteiger partial charge in [0.2, 0.25) is 5.76 Å². The number of hydrogen-bond acceptors (Lipinski definition) is 3. The number of carbonyl (C=O) groups is 1. The van der Waals surface area contributed by atoms with Gasteiger partial charge in [-0.15, -0.1) is 0 Å². The molecule has 1 unspecified atom stereocenters. The van der Waals surface area contributed by atoms with E-state index in [4.69, 9.17) is 9.52 Å². The first-order chi connectivity index (χ1) is 6.68. The Kier molecular flexibility index (Phi) is 2.29. The molecule has 0 bridgehead atoms. The Morgan fingerprint density at radius 2 is 2.29 bits per heavy atom. The van der Waals surface area contributed by atoms with Gasteiger partial charge in [0.25, 0.3) is 0 Å². The fourth-order valence-electron chi connectivity index (χ4n) is 1.60. The Hall–Kier alpha value is -1.29. The van der Waals surface area contributed by atoms with Gasteiger partial charge in [0.1, 0.15) is 5.76 Å². The zero-order chi connectivity index (χ0) is 10.1. The Morgan fingerprint density at radius 1 is 1.57 bits per heavy atom. The molecule has 1 fully saturated rings. The van der Waals surface area contributed by atoms with Crippen LogP contribution in [-0.4, -0.2) is 29.1 Å². The van der Waals surface area contributed by atoms with Crippen molar-refractivity contribution in [1.82, 2.24) is 4.90 Å². The lowest BCUT2D eigenvalue weighted by Gasteiger charge is -2.35. The molecule has 0 radical (unpaired) electrons. The molecule has 1 aliphatic heterocycles. The number of aromatic carboxylic acids is 1. The van der Waals surface area contributed by atoms with E-state index in [9.17, 15) is 4.79 Å². The fourth-order valence-corrected chi connectivity index (χ4v) is 1.60. The highest BCUT2D eigenvalue weighted by Gasteiger charge is 2.24. The van der Waals surface area contributed by atoms with Gasteiger partial charge in [-0.1, -0.05) is 0 Å². The average Bonchev–Trinajstić information content (AvgIpc) is 2.48. The number of rotatable bonds is 3. The largest absolute Gasteiger partial charge is 0.475 e. The molecule has 0 aliphatic carbocycles. The summed E-state index contributed by atoms with van der Waals surface area (Å²) in [5.74, 6) is -0.249. The molecular formula is C10H13NO3. The first kappa shape index (κ1) is 9.27. The summed E-state index contributed by atoms with van der Waals surface area (Å²) in [6.45, 7) is 4.18. The smallest absolute Gasteiger partial charge is 0.371 e. The zero-order valence-electron chi connectivity index (χ0n) is 8.06. The molecule has 0 saturated carbocycles. The van der Waals surface area contributed by atoms with Gasteiger partial charge in [-0.25, -0.2) is 4.79 Å². The summed E-state index contributed by atoms with van der Waals surface area (Å²) in [6, 6.07) is 3.44. The summed E-state index contributed by atoms with van der Waals surface area (Å²) in [7, 11) is 0. The van der Waals surface area contributed by atoms with Gasteiger partial charge in [-0.3, -0.25) is 4.90 Å². The van der Waals surface area contributed by atoms with Gasteiger partial charge in [0.15, 0.2) is 0 Å². The molecule has 1 saturated heterocycles. The maximum atomic E-state index is 10.6. The minimum absolute atomic E-state index is 0.0207. The van der Waals surface area contributed by atoms with Gasteiger partial charge in [0, 0.05) is 13.1 Å². The van der Waals surface area contributed by atoms with Crippen molar-refractivity contribution in [2.45, 2.75) is 19.4 Å². The third-order valence-corrected chi connectivity index (χ3v) is 2.69. The first-order valence-corrected chi connectivity index (χ1v) is 4.75. The normalized spacial score (nSPS) is 18.9. The third-order valence-electron chi connectivity index (χ3n) is 2.69. The molecule has 14 heavy (non-hydrogen) atoms. The molecule has 0 spiro atoms. The van der Waals surface area contributed by atoms with E-state index >= 15 is 0 Å². The number of hydrogen-bond donors (Lipinski definition) is 1. The second-order valence-corrected chi connectivity index (χ2v) is 3.57. The van der Waals surface area contributed by atoms with E-state index in [0.717, 1.165) is 18.8 Å². The highest BCUT2D eigenvalue weighted by molar-refractivity contribution is 5.84. The van der Waals surface area contributed by atoms with Crippen LogP contribution < -0.4 is 0 Å². The quantitative estimate of drug-likeness (QED) is 0.798. The second-order valence-electron chi connectivity index (χ2n) is 3.57. The van der Waals surface area contributed by atoms with E-state index < -0.39 is 5.97 Å². The maximum absolute atomic E-state index is 10.6. The van der Waals surface area contributed by atoms with Crippen LogP contribution in [0.1, 0.15) is 35.7 Å². The van der Waals surface area contributed by atoms with E-state index in [2.05, 4.69) is 4.90 Å². The summed E-state index contributed by atoms with van der Waals surface area (Å²) >= 11 is 0. The standard InChI is InChI=1S/C10H13NO3/c1-7(11-5-2-6-11)8-3-4-9(14-8)10(12)13/h3-4,7H,2,5-6H2,1H3,(H,12,13). The molecule has 1 aromatic rings. The molecule has 4 heteroatoms. The highest BCUT2D eigenvalue weighted by atomic mass is 16.4. The van der Waals surface area contributed by atoms with Gasteiger partial charge in [-0.05, 0) is 25.5 Å². The Labute approximate surface area is 82.1 Å². The number of carboxylic acid groups (broad SMARTS) is 1. The van der Waals surface area contributed by atoms with Crippen molar-refractivity contribution in [2.75, 3.05) is 13.1 Å². The van der Waals surface area contributed by atoms with Crippen LogP contribution in [0, 0.1) is 0 Å². The van der Waals surface area contributed by atoms with Crippen molar-refractivity contribution in [3.05, 3.63) is 23.7 Å². The van der Waals surface area contributed by atoms with Gasteiger partial charge < -0.3 is 9.52 Å². The topological polar surface area (TPSA) is 53.7 Å². The number of carboxylic acids is 1. The molecule has 1 aromatic heterocycles. The summed E-state index contributed by atoms with van der Waals surface area (Å²) in [5.41, 5.74) is 0. The van der Waals surface area contributed by atoms with Crippen molar-refractivity contribution >= 4 is 5.97 Å². The van der Waals surface area contributed by atoms with Crippen molar-refractivity contribution in [2.24, 2.45) is 0 Å². The summed E-state index contributed by atoms with van der Waals surface area (Å²) in [5, 5.41) is 8.68. The van der Waals surface area contributed by atoms with Crippen LogP contribution in [0.25, 0.3) is 0 Å². The Bertz CT molecular complexity index is 341. The molecule has 4 nitrogen and oxygen atoms in total. The van der Waals surface area contributed by atoms with Crippen LogP contribution in [0.3, 0.4) is 0 Å². The van der Waals surface area contributed by atoms with Gasteiger partial charge in [0.05, 0.1) is 6.04 Å². The fraction of sp³-hybridized carbons (Fsp3) is 0.500.